The Labute approximate surface area is 350 Å². The number of nitrogens with one attached hydrogen (secondary N) is 2. The molecule has 3 aromatic carbocycles. The van der Waals surface area contributed by atoms with Crippen molar-refractivity contribution in [2.24, 2.45) is 35.0 Å². The Bertz CT molecular complexity index is 2230. The number of hydrogen-bond donors (Lipinski definition) is 7. The summed E-state index contributed by atoms with van der Waals surface area (Å²) in [6.45, 7) is 6.73. The molecule has 0 spiro atoms. The van der Waals surface area contributed by atoms with Gasteiger partial charge in [0, 0.05) is 42.4 Å². The molecule has 0 saturated heterocycles. The first-order valence-corrected chi connectivity index (χ1v) is 20.4. The summed E-state index contributed by atoms with van der Waals surface area (Å²) < 4.78 is 6.58. The first-order valence-electron chi connectivity index (χ1n) is 20.4. The molecule has 10 N–H and O–H groups in total. The number of benzene rings is 3. The number of ketones is 3. The summed E-state index contributed by atoms with van der Waals surface area (Å²) in [5.41, 5.74) is 20.3. The van der Waals surface area contributed by atoms with E-state index >= 15 is 4.79 Å². The molecule has 0 aliphatic rings. The lowest BCUT2D eigenvalue weighted by Crippen LogP contribution is -2.49. The predicted octanol–water partition coefficient (Wildman–Crippen LogP) is 4.59. The number of hydrogen-bond acceptors (Lipinski definition) is 12. The first kappa shape index (κ1) is 45.4. The van der Waals surface area contributed by atoms with Crippen molar-refractivity contribution in [3.05, 3.63) is 120 Å². The van der Waals surface area contributed by atoms with Crippen LogP contribution in [0, 0.1) is 17.8 Å². The molecule has 60 heavy (non-hydrogen) atoms. The number of aliphatic hydroxyl groups excluding tert-OH is 2. The van der Waals surface area contributed by atoms with Crippen molar-refractivity contribution >= 4 is 34.0 Å². The number of aliphatic hydroxyl groups is 2. The smallest absolute Gasteiger partial charge is 0.237 e. The number of amides is 1. The van der Waals surface area contributed by atoms with E-state index in [0.717, 1.165) is 11.1 Å². The Kier molecular flexibility index (Phi) is 15.9. The molecule has 318 valence electrons. The molecule has 5 rings (SSSR count). The van der Waals surface area contributed by atoms with Crippen molar-refractivity contribution in [2.75, 3.05) is 0 Å². The minimum absolute atomic E-state index is 0.0183. The number of rotatable bonds is 22. The van der Waals surface area contributed by atoms with Gasteiger partial charge in [-0.15, -0.1) is 0 Å². The van der Waals surface area contributed by atoms with Crippen molar-refractivity contribution in [1.29, 1.82) is 0 Å². The van der Waals surface area contributed by atoms with Crippen LogP contribution in [-0.4, -0.2) is 78.8 Å². The van der Waals surface area contributed by atoms with Crippen molar-refractivity contribution < 1.29 is 34.1 Å². The van der Waals surface area contributed by atoms with Gasteiger partial charge in [-0.2, -0.15) is 0 Å². The average Bonchev–Trinajstić information content (AvgIpc) is 3.76. The number of H-pyrrole nitrogens is 1. The van der Waals surface area contributed by atoms with Gasteiger partial charge in [-0.25, -0.2) is 4.98 Å². The highest BCUT2D eigenvalue weighted by Crippen LogP contribution is 2.37. The molecular weight excluding hydrogens is 763 g/mol. The highest BCUT2D eigenvalue weighted by molar-refractivity contribution is 6.06. The Hall–Kier alpha value is -5.64. The first-order chi connectivity index (χ1) is 28.7. The lowest BCUT2D eigenvalue weighted by Gasteiger charge is -2.31. The van der Waals surface area contributed by atoms with Crippen LogP contribution in [0.2, 0.25) is 0 Å². The number of imidazole rings is 1. The van der Waals surface area contributed by atoms with Crippen LogP contribution < -0.4 is 27.3 Å². The van der Waals surface area contributed by atoms with Crippen LogP contribution in [0.25, 0.3) is 10.8 Å². The summed E-state index contributed by atoms with van der Waals surface area (Å²) in [5, 5.41) is 27.9. The van der Waals surface area contributed by atoms with Crippen LogP contribution in [0.15, 0.2) is 91.5 Å². The fourth-order valence-corrected chi connectivity index (χ4v) is 7.36. The third kappa shape index (κ3) is 11.3. The fourth-order valence-electron chi connectivity index (χ4n) is 7.36. The largest absolute Gasteiger partial charge is 0.455 e. The zero-order chi connectivity index (χ0) is 43.5. The molecule has 0 fully saturated rings. The SMILES string of the molecule is CC[C@H](C)[C@H](N)C(=O)NCc1ncc(C(=O)C(Cc2ccccc2)C(O)C(O)C(N)CC(C)CC(=O)[C@@H](N)Cc2cnc[nH]2)c(Oc2cccc3ccccc23)c1C(C)=O. The van der Waals surface area contributed by atoms with E-state index in [4.69, 9.17) is 21.9 Å². The van der Waals surface area contributed by atoms with Crippen molar-refractivity contribution in [3.63, 3.8) is 0 Å². The molecular formula is C46H57N7O7. The number of fused-ring (bicyclic) bond motifs is 1. The van der Waals surface area contributed by atoms with E-state index in [1.807, 2.05) is 50.2 Å². The lowest BCUT2D eigenvalue weighted by molar-refractivity contribution is -0.123. The van der Waals surface area contributed by atoms with Crippen LogP contribution in [0.5, 0.6) is 11.5 Å². The quantitative estimate of drug-likeness (QED) is 0.0474. The number of ether oxygens (including phenoxy) is 1. The molecule has 0 aliphatic heterocycles. The van der Waals surface area contributed by atoms with E-state index in [1.54, 1.807) is 49.5 Å². The van der Waals surface area contributed by atoms with Gasteiger partial charge in [0.2, 0.25) is 5.91 Å². The van der Waals surface area contributed by atoms with Crippen LogP contribution in [0.1, 0.15) is 84.6 Å². The number of carbonyl (C=O) groups is 4. The number of nitrogens with two attached hydrogens (primary N) is 3. The maximum Gasteiger partial charge on any atom is 0.237 e. The number of aromatic nitrogens is 3. The Morgan fingerprint density at radius 2 is 1.58 bits per heavy atom. The molecule has 8 atom stereocenters. The number of Topliss-reactive ketones (excluding diaryl/α,β-unsaturated/α-hetero) is 3. The molecule has 14 heteroatoms. The summed E-state index contributed by atoms with van der Waals surface area (Å²) in [6, 6.07) is 19.2. The van der Waals surface area contributed by atoms with Gasteiger partial charge in [0.1, 0.15) is 11.5 Å². The summed E-state index contributed by atoms with van der Waals surface area (Å²) in [6.07, 6.45) is 2.25. The lowest BCUT2D eigenvalue weighted by atomic mass is 9.81. The molecule has 14 nitrogen and oxygen atoms in total. The minimum atomic E-state index is -1.70. The van der Waals surface area contributed by atoms with E-state index < -0.39 is 53.7 Å². The highest BCUT2D eigenvalue weighted by Gasteiger charge is 2.38. The topological polar surface area (TPSA) is 250 Å². The second kappa shape index (κ2) is 21.1. The maximum absolute atomic E-state index is 15.0. The zero-order valence-corrected chi connectivity index (χ0v) is 34.6. The number of nitrogens with zero attached hydrogens (tertiary/aromatic N) is 2. The van der Waals surface area contributed by atoms with Gasteiger partial charge in [0.25, 0.3) is 0 Å². The number of carbonyl (C=O) groups excluding carboxylic acids is 4. The monoisotopic (exact) mass is 819 g/mol. The fraction of sp³-hybridized carbons (Fsp3) is 0.391. The molecule has 0 bridgehead atoms. The second-order valence-corrected chi connectivity index (χ2v) is 15.8. The maximum atomic E-state index is 15.0. The van der Waals surface area contributed by atoms with E-state index in [2.05, 4.69) is 20.3 Å². The number of aromatic amines is 1. The van der Waals surface area contributed by atoms with Crippen LogP contribution >= 0.6 is 0 Å². The van der Waals surface area contributed by atoms with Crippen molar-refractivity contribution in [1.82, 2.24) is 20.3 Å². The average molecular weight is 820 g/mol. The van der Waals surface area contributed by atoms with Gasteiger partial charge in [-0.1, -0.05) is 93.9 Å². The molecule has 2 heterocycles. The molecule has 0 radical (unpaired) electrons. The third-order valence-electron chi connectivity index (χ3n) is 11.1. The van der Waals surface area contributed by atoms with Crippen molar-refractivity contribution in [2.45, 2.75) is 96.7 Å². The van der Waals surface area contributed by atoms with Gasteiger partial charge in [0.15, 0.2) is 17.3 Å². The summed E-state index contributed by atoms with van der Waals surface area (Å²) in [5.74, 6) is -3.26. The second-order valence-electron chi connectivity index (χ2n) is 15.8. The standard InChI is InChI=1S/C46H57N7O7/c1-5-27(3)41(49)46(59)52-24-37-40(28(4)54)45(60-39-17-11-15-30-14-9-10-16-32(30)39)34(23-51-37)42(56)33(20-29-12-7-6-8-13-29)43(57)44(58)36(48)18-26(2)19-38(55)35(47)21-31-22-50-25-53-31/h6-17,22-23,25-27,33,35-36,41,43-44,57-58H,5,18-21,24,47-49H2,1-4H3,(H,50,53)(H,52,59)/t26?,27-,33?,35-,36?,41-,43?,44?/m0/s1. The van der Waals surface area contributed by atoms with E-state index in [1.165, 1.54) is 19.4 Å². The van der Waals surface area contributed by atoms with Crippen molar-refractivity contribution in [3.8, 4) is 11.5 Å². The molecule has 5 aromatic rings. The Morgan fingerprint density at radius 3 is 2.27 bits per heavy atom. The molecule has 5 unspecified atom stereocenters. The van der Waals surface area contributed by atoms with Crippen LogP contribution in [-0.2, 0) is 29.0 Å². The molecule has 0 aliphatic carbocycles. The van der Waals surface area contributed by atoms with Gasteiger partial charge >= 0.3 is 0 Å². The van der Waals surface area contributed by atoms with Gasteiger partial charge in [0.05, 0.1) is 59.9 Å². The summed E-state index contributed by atoms with van der Waals surface area (Å²) >= 11 is 0. The molecule has 1 amide bonds. The van der Waals surface area contributed by atoms with Gasteiger partial charge < -0.3 is 42.5 Å². The van der Waals surface area contributed by atoms with Gasteiger partial charge in [-0.3, -0.25) is 24.2 Å². The van der Waals surface area contributed by atoms with Crippen LogP contribution in [0.4, 0.5) is 0 Å². The van der Waals surface area contributed by atoms with Gasteiger partial charge in [-0.05, 0) is 48.6 Å². The summed E-state index contributed by atoms with van der Waals surface area (Å²) in [7, 11) is 0. The zero-order valence-electron chi connectivity index (χ0n) is 34.6. The Morgan fingerprint density at radius 1 is 0.883 bits per heavy atom. The van der Waals surface area contributed by atoms with Crippen LogP contribution in [0.3, 0.4) is 0 Å². The Balaban J connectivity index is 1.50. The van der Waals surface area contributed by atoms with E-state index in [-0.39, 0.29) is 72.4 Å². The molecule has 2 aromatic heterocycles. The minimum Gasteiger partial charge on any atom is -0.455 e. The summed E-state index contributed by atoms with van der Waals surface area (Å²) in [4.78, 5) is 66.1. The van der Waals surface area contributed by atoms with E-state index in [9.17, 15) is 24.6 Å². The molecule has 0 saturated carbocycles. The number of pyridine rings is 1. The predicted molar refractivity (Wildman–Crippen MR) is 229 cm³/mol. The third-order valence-corrected chi connectivity index (χ3v) is 11.1. The normalized spacial score (nSPS) is 15.6. The highest BCUT2D eigenvalue weighted by atomic mass is 16.5. The van der Waals surface area contributed by atoms with E-state index in [0.29, 0.717) is 23.1 Å².